The Morgan fingerprint density at radius 2 is 1.57 bits per heavy atom. The molecule has 0 saturated carbocycles. The third-order valence-electron chi connectivity index (χ3n) is 3.14. The molecule has 2 rings (SSSR count). The Morgan fingerprint density at radius 3 is 2.24 bits per heavy atom. The maximum Gasteiger partial charge on any atom is 0.215 e. The van der Waals surface area contributed by atoms with Crippen LogP contribution in [0.3, 0.4) is 0 Å². The molecule has 0 fully saturated rings. The molecule has 2 aromatic rings. The molecule has 0 aliphatic rings. The van der Waals surface area contributed by atoms with E-state index in [4.69, 9.17) is 5.73 Å². The molecule has 21 heavy (non-hydrogen) atoms. The number of nitrogen functional groups attached to an aromatic ring is 1. The van der Waals surface area contributed by atoms with Gasteiger partial charge in [0.2, 0.25) is 10.0 Å². The van der Waals surface area contributed by atoms with Crippen LogP contribution in [0.25, 0.3) is 0 Å². The summed E-state index contributed by atoms with van der Waals surface area (Å²) in [4.78, 5) is 0. The number of anilines is 1. The Morgan fingerprint density at radius 1 is 0.905 bits per heavy atom. The number of benzene rings is 2. The van der Waals surface area contributed by atoms with Crippen LogP contribution in [0.2, 0.25) is 0 Å². The zero-order valence-corrected chi connectivity index (χ0v) is 12.6. The minimum atomic E-state index is -3.29. The molecular formula is C16H20N2O2S. The number of aryl methyl sites for hydroxylation is 1. The van der Waals surface area contributed by atoms with Crippen molar-refractivity contribution in [1.29, 1.82) is 0 Å². The first kappa shape index (κ1) is 15.5. The van der Waals surface area contributed by atoms with Gasteiger partial charge in [-0.3, -0.25) is 0 Å². The maximum atomic E-state index is 12.0. The van der Waals surface area contributed by atoms with Crippen molar-refractivity contribution in [3.63, 3.8) is 0 Å². The van der Waals surface area contributed by atoms with Crippen molar-refractivity contribution in [3.05, 3.63) is 65.7 Å². The molecule has 2 aromatic carbocycles. The number of rotatable bonds is 7. The van der Waals surface area contributed by atoms with E-state index in [1.54, 1.807) is 24.3 Å². The standard InChI is InChI=1S/C16H20N2O2S/c17-16-10-8-15(9-11-16)13-21(19,20)18-12-4-7-14-5-2-1-3-6-14/h1-3,5-6,8-11,18H,4,7,12-13,17H2. The molecule has 0 unspecified atom stereocenters. The Hall–Kier alpha value is -1.85. The van der Waals surface area contributed by atoms with Crippen LogP contribution in [0.4, 0.5) is 5.69 Å². The van der Waals surface area contributed by atoms with E-state index in [-0.39, 0.29) is 5.75 Å². The Labute approximate surface area is 126 Å². The van der Waals surface area contributed by atoms with E-state index in [2.05, 4.69) is 4.72 Å². The van der Waals surface area contributed by atoms with Gasteiger partial charge in [-0.25, -0.2) is 13.1 Å². The minimum Gasteiger partial charge on any atom is -0.399 e. The summed E-state index contributed by atoms with van der Waals surface area (Å²) in [6, 6.07) is 16.9. The van der Waals surface area contributed by atoms with Crippen LogP contribution in [0.15, 0.2) is 54.6 Å². The zero-order chi connectivity index (χ0) is 15.1. The highest BCUT2D eigenvalue weighted by Crippen LogP contribution is 2.09. The van der Waals surface area contributed by atoms with Crippen LogP contribution in [0, 0.1) is 0 Å². The van der Waals surface area contributed by atoms with E-state index in [1.807, 2.05) is 30.3 Å². The Kier molecular flexibility index (Phi) is 5.36. The second kappa shape index (κ2) is 7.24. The van der Waals surface area contributed by atoms with Gasteiger partial charge in [0.15, 0.2) is 0 Å². The maximum absolute atomic E-state index is 12.0. The molecule has 0 radical (unpaired) electrons. The molecule has 0 bridgehead atoms. The number of sulfonamides is 1. The van der Waals surface area contributed by atoms with Crippen molar-refractivity contribution in [2.24, 2.45) is 0 Å². The normalized spacial score (nSPS) is 11.4. The average molecular weight is 304 g/mol. The van der Waals surface area contributed by atoms with Gasteiger partial charge in [-0.1, -0.05) is 42.5 Å². The predicted molar refractivity (Wildman–Crippen MR) is 86.2 cm³/mol. The molecular weight excluding hydrogens is 284 g/mol. The molecule has 5 heteroatoms. The fraction of sp³-hybridized carbons (Fsp3) is 0.250. The summed E-state index contributed by atoms with van der Waals surface area (Å²) < 4.78 is 26.5. The van der Waals surface area contributed by atoms with Crippen molar-refractivity contribution in [2.45, 2.75) is 18.6 Å². The third-order valence-corrected chi connectivity index (χ3v) is 4.50. The summed E-state index contributed by atoms with van der Waals surface area (Å²) in [7, 11) is -3.29. The summed E-state index contributed by atoms with van der Waals surface area (Å²) in [6.07, 6.45) is 1.65. The smallest absolute Gasteiger partial charge is 0.215 e. The summed E-state index contributed by atoms with van der Waals surface area (Å²) in [5.41, 5.74) is 8.16. The first-order chi connectivity index (χ1) is 10.1. The van der Waals surface area contributed by atoms with E-state index < -0.39 is 10.0 Å². The van der Waals surface area contributed by atoms with Gasteiger partial charge in [0.05, 0.1) is 5.75 Å². The van der Waals surface area contributed by atoms with E-state index in [9.17, 15) is 8.42 Å². The van der Waals surface area contributed by atoms with Crippen LogP contribution < -0.4 is 10.5 Å². The molecule has 0 aliphatic heterocycles. The average Bonchev–Trinajstić information content (AvgIpc) is 2.47. The van der Waals surface area contributed by atoms with Gasteiger partial charge in [-0.05, 0) is 36.1 Å². The molecule has 0 atom stereocenters. The van der Waals surface area contributed by atoms with Gasteiger partial charge in [-0.15, -0.1) is 0 Å². The van der Waals surface area contributed by atoms with Crippen molar-refractivity contribution < 1.29 is 8.42 Å². The van der Waals surface area contributed by atoms with Crippen molar-refractivity contribution in [2.75, 3.05) is 12.3 Å². The second-order valence-corrected chi connectivity index (χ2v) is 6.79. The second-order valence-electron chi connectivity index (χ2n) is 4.98. The van der Waals surface area contributed by atoms with Crippen LogP contribution >= 0.6 is 0 Å². The van der Waals surface area contributed by atoms with Crippen LogP contribution in [-0.4, -0.2) is 15.0 Å². The summed E-state index contributed by atoms with van der Waals surface area (Å²) in [5.74, 6) is -0.0153. The van der Waals surface area contributed by atoms with Crippen molar-refractivity contribution in [3.8, 4) is 0 Å². The van der Waals surface area contributed by atoms with Crippen molar-refractivity contribution in [1.82, 2.24) is 4.72 Å². The number of hydrogen-bond acceptors (Lipinski definition) is 3. The minimum absolute atomic E-state index is 0.0153. The third kappa shape index (κ3) is 5.57. The van der Waals surface area contributed by atoms with E-state index >= 15 is 0 Å². The van der Waals surface area contributed by atoms with Crippen molar-refractivity contribution >= 4 is 15.7 Å². The molecule has 4 nitrogen and oxygen atoms in total. The Bertz CT molecular complexity index is 652. The number of nitrogens with two attached hydrogens (primary N) is 1. The lowest BCUT2D eigenvalue weighted by atomic mass is 10.1. The molecule has 0 aliphatic carbocycles. The van der Waals surface area contributed by atoms with Crippen LogP contribution in [0.5, 0.6) is 0 Å². The molecule has 3 N–H and O–H groups in total. The van der Waals surface area contributed by atoms with Gasteiger partial charge in [0.1, 0.15) is 0 Å². The quantitative estimate of drug-likeness (QED) is 0.609. The lowest BCUT2D eigenvalue weighted by Gasteiger charge is -2.07. The topological polar surface area (TPSA) is 72.2 Å². The van der Waals surface area contributed by atoms with Gasteiger partial charge in [0.25, 0.3) is 0 Å². The van der Waals surface area contributed by atoms with E-state index in [1.165, 1.54) is 5.56 Å². The van der Waals surface area contributed by atoms with Crippen LogP contribution in [-0.2, 0) is 22.2 Å². The predicted octanol–water partition coefficient (Wildman–Crippen LogP) is 2.32. The SMILES string of the molecule is Nc1ccc(CS(=O)(=O)NCCCc2ccccc2)cc1. The fourth-order valence-electron chi connectivity index (χ4n) is 2.05. The highest BCUT2D eigenvalue weighted by Gasteiger charge is 2.10. The largest absolute Gasteiger partial charge is 0.399 e. The van der Waals surface area contributed by atoms with Gasteiger partial charge >= 0.3 is 0 Å². The Balaban J connectivity index is 1.77. The molecule has 0 heterocycles. The highest BCUT2D eigenvalue weighted by atomic mass is 32.2. The van der Waals surface area contributed by atoms with Gasteiger partial charge < -0.3 is 5.73 Å². The molecule has 0 spiro atoms. The molecule has 0 saturated heterocycles. The summed E-state index contributed by atoms with van der Waals surface area (Å²) >= 11 is 0. The highest BCUT2D eigenvalue weighted by molar-refractivity contribution is 7.88. The summed E-state index contributed by atoms with van der Waals surface area (Å²) in [6.45, 7) is 0.451. The van der Waals surface area contributed by atoms with Gasteiger partial charge in [-0.2, -0.15) is 0 Å². The number of hydrogen-bond donors (Lipinski definition) is 2. The lowest BCUT2D eigenvalue weighted by Crippen LogP contribution is -2.26. The summed E-state index contributed by atoms with van der Waals surface area (Å²) in [5, 5.41) is 0. The molecule has 0 aromatic heterocycles. The zero-order valence-electron chi connectivity index (χ0n) is 11.8. The number of nitrogens with one attached hydrogen (secondary N) is 1. The van der Waals surface area contributed by atoms with Crippen LogP contribution in [0.1, 0.15) is 17.5 Å². The first-order valence-corrected chi connectivity index (χ1v) is 8.56. The van der Waals surface area contributed by atoms with E-state index in [0.717, 1.165) is 18.4 Å². The lowest BCUT2D eigenvalue weighted by molar-refractivity contribution is 0.578. The first-order valence-electron chi connectivity index (χ1n) is 6.91. The molecule has 112 valence electrons. The fourth-order valence-corrected chi connectivity index (χ4v) is 3.24. The van der Waals surface area contributed by atoms with E-state index in [0.29, 0.717) is 12.2 Å². The monoisotopic (exact) mass is 304 g/mol. The molecule has 0 amide bonds. The van der Waals surface area contributed by atoms with Gasteiger partial charge in [0, 0.05) is 12.2 Å².